The van der Waals surface area contributed by atoms with Gasteiger partial charge in [-0.15, -0.1) is 0 Å². The molecule has 140 valence electrons. The molecule has 0 atom stereocenters. The Kier molecular flexibility index (Phi) is 4.60. The molecule has 2 heterocycles. The maximum atomic E-state index is 12.9. The highest BCUT2D eigenvalue weighted by molar-refractivity contribution is 9.10. The molecule has 0 aliphatic heterocycles. The van der Waals surface area contributed by atoms with Gasteiger partial charge in [-0.1, -0.05) is 28.1 Å². The van der Waals surface area contributed by atoms with Crippen molar-refractivity contribution in [3.63, 3.8) is 0 Å². The summed E-state index contributed by atoms with van der Waals surface area (Å²) in [5.41, 5.74) is 7.69. The number of imidazole rings is 1. The Labute approximate surface area is 169 Å². The average Bonchev–Trinajstić information content (AvgIpc) is 3.04. The number of hydrazone groups is 1. The number of pyridine rings is 1. The van der Waals surface area contributed by atoms with Gasteiger partial charge in [0.2, 0.25) is 0 Å². The fourth-order valence-electron chi connectivity index (χ4n) is 3.30. The van der Waals surface area contributed by atoms with Gasteiger partial charge in [-0.2, -0.15) is 5.10 Å². The number of aromatic hydroxyl groups is 1. The lowest BCUT2D eigenvalue weighted by Crippen LogP contribution is -2.20. The molecule has 4 aromatic rings. The highest BCUT2D eigenvalue weighted by Gasteiger charge is 2.18. The molecule has 1 amide bonds. The van der Waals surface area contributed by atoms with E-state index in [2.05, 4.69) is 31.4 Å². The SMILES string of the molecule is Cc1cc(C)n2c(nc3ccccc32)c1C(=O)NN=Cc1cc(Br)ccc1O. The average molecular weight is 437 g/mol. The van der Waals surface area contributed by atoms with Crippen molar-refractivity contribution in [2.24, 2.45) is 5.10 Å². The molecule has 7 heteroatoms. The number of aryl methyl sites for hydroxylation is 2. The maximum Gasteiger partial charge on any atom is 0.275 e. The van der Waals surface area contributed by atoms with Crippen LogP contribution >= 0.6 is 15.9 Å². The smallest absolute Gasteiger partial charge is 0.275 e. The molecule has 6 nitrogen and oxygen atoms in total. The number of carbonyl (C=O) groups excluding carboxylic acids is 1. The van der Waals surface area contributed by atoms with Crippen LogP contribution in [-0.2, 0) is 0 Å². The lowest BCUT2D eigenvalue weighted by molar-refractivity contribution is 0.0955. The van der Waals surface area contributed by atoms with Crippen molar-refractivity contribution in [2.45, 2.75) is 13.8 Å². The third-order valence-corrected chi connectivity index (χ3v) is 5.04. The molecule has 2 aromatic carbocycles. The van der Waals surface area contributed by atoms with Crippen LogP contribution in [0.2, 0.25) is 0 Å². The quantitative estimate of drug-likeness (QED) is 0.370. The summed E-state index contributed by atoms with van der Waals surface area (Å²) in [7, 11) is 0. The highest BCUT2D eigenvalue weighted by Crippen LogP contribution is 2.24. The van der Waals surface area contributed by atoms with Crippen LogP contribution in [0.1, 0.15) is 27.2 Å². The molecular formula is C21H17BrN4O2. The van der Waals surface area contributed by atoms with E-state index in [9.17, 15) is 9.90 Å². The van der Waals surface area contributed by atoms with Gasteiger partial charge in [0.25, 0.3) is 5.91 Å². The topological polar surface area (TPSA) is 79.0 Å². The predicted octanol–water partition coefficient (Wildman–Crippen LogP) is 4.34. The number of nitrogens with zero attached hydrogens (tertiary/aromatic N) is 3. The molecule has 0 spiro atoms. The van der Waals surface area contributed by atoms with Gasteiger partial charge in [-0.3, -0.25) is 9.20 Å². The monoisotopic (exact) mass is 436 g/mol. The Morgan fingerprint density at radius 2 is 2.00 bits per heavy atom. The third-order valence-electron chi connectivity index (χ3n) is 4.54. The number of benzene rings is 2. The number of fused-ring (bicyclic) bond motifs is 3. The standard InChI is InChI=1S/C21H17BrN4O2/c1-12-9-13(2)26-17-6-4-3-5-16(17)24-20(26)19(12)21(28)25-23-11-14-10-15(22)7-8-18(14)27/h3-11,27H,1-2H3,(H,25,28). The second-order valence-corrected chi connectivity index (χ2v) is 7.42. The van der Waals surface area contributed by atoms with Crippen molar-refractivity contribution in [2.75, 3.05) is 0 Å². The normalized spacial score (nSPS) is 11.5. The van der Waals surface area contributed by atoms with E-state index in [1.54, 1.807) is 18.2 Å². The Balaban J connectivity index is 1.73. The van der Waals surface area contributed by atoms with Crippen LogP contribution < -0.4 is 5.43 Å². The van der Waals surface area contributed by atoms with Gasteiger partial charge in [0.05, 0.1) is 22.8 Å². The van der Waals surface area contributed by atoms with E-state index >= 15 is 0 Å². The molecule has 0 bridgehead atoms. The van der Waals surface area contributed by atoms with Gasteiger partial charge in [0, 0.05) is 15.7 Å². The number of phenols is 1. The molecule has 4 rings (SSSR count). The van der Waals surface area contributed by atoms with E-state index in [1.165, 1.54) is 6.21 Å². The van der Waals surface area contributed by atoms with E-state index in [-0.39, 0.29) is 11.7 Å². The van der Waals surface area contributed by atoms with Crippen LogP contribution in [0.3, 0.4) is 0 Å². The van der Waals surface area contributed by atoms with Gasteiger partial charge in [0.1, 0.15) is 5.75 Å². The third kappa shape index (κ3) is 3.14. The van der Waals surface area contributed by atoms with Crippen LogP contribution in [0.25, 0.3) is 16.7 Å². The molecule has 28 heavy (non-hydrogen) atoms. The second kappa shape index (κ2) is 7.09. The first-order valence-corrected chi connectivity index (χ1v) is 9.44. The molecule has 0 aliphatic carbocycles. The highest BCUT2D eigenvalue weighted by atomic mass is 79.9. The minimum atomic E-state index is -0.358. The van der Waals surface area contributed by atoms with Gasteiger partial charge in [-0.05, 0) is 55.8 Å². The summed E-state index contributed by atoms with van der Waals surface area (Å²) in [5.74, 6) is -0.279. The molecule has 0 fully saturated rings. The lowest BCUT2D eigenvalue weighted by Gasteiger charge is -2.09. The fourth-order valence-corrected chi connectivity index (χ4v) is 3.68. The summed E-state index contributed by atoms with van der Waals surface area (Å²) in [5, 5.41) is 13.9. The first-order chi connectivity index (χ1) is 13.5. The molecule has 0 radical (unpaired) electrons. The summed E-state index contributed by atoms with van der Waals surface area (Å²) in [4.78, 5) is 17.5. The maximum absolute atomic E-state index is 12.9. The Bertz CT molecular complexity index is 1260. The first kappa shape index (κ1) is 18.2. The minimum absolute atomic E-state index is 0.0783. The van der Waals surface area contributed by atoms with E-state index < -0.39 is 0 Å². The van der Waals surface area contributed by atoms with Gasteiger partial charge in [-0.25, -0.2) is 10.4 Å². The van der Waals surface area contributed by atoms with E-state index in [4.69, 9.17) is 0 Å². The Morgan fingerprint density at radius 1 is 1.21 bits per heavy atom. The number of halogens is 1. The van der Waals surface area contributed by atoms with Crippen molar-refractivity contribution in [3.05, 3.63) is 75.4 Å². The zero-order valence-corrected chi connectivity index (χ0v) is 16.9. The molecule has 0 saturated heterocycles. The Hall–Kier alpha value is -3.19. The predicted molar refractivity (Wildman–Crippen MR) is 113 cm³/mol. The number of nitrogens with one attached hydrogen (secondary N) is 1. The van der Waals surface area contributed by atoms with Crippen LogP contribution in [-0.4, -0.2) is 26.6 Å². The van der Waals surface area contributed by atoms with Crippen LogP contribution in [0, 0.1) is 13.8 Å². The van der Waals surface area contributed by atoms with Crippen molar-refractivity contribution in [1.82, 2.24) is 14.8 Å². The Morgan fingerprint density at radius 3 is 2.82 bits per heavy atom. The van der Waals surface area contributed by atoms with Gasteiger partial charge >= 0.3 is 0 Å². The van der Waals surface area contributed by atoms with E-state index in [1.807, 2.05) is 48.6 Å². The molecule has 0 unspecified atom stereocenters. The zero-order valence-electron chi connectivity index (χ0n) is 15.3. The minimum Gasteiger partial charge on any atom is -0.507 e. The summed E-state index contributed by atoms with van der Waals surface area (Å²) < 4.78 is 2.78. The first-order valence-electron chi connectivity index (χ1n) is 8.65. The number of carbonyl (C=O) groups is 1. The van der Waals surface area contributed by atoms with E-state index in [0.717, 1.165) is 26.8 Å². The molecule has 0 aliphatic rings. The van der Waals surface area contributed by atoms with Crippen LogP contribution in [0.5, 0.6) is 5.75 Å². The number of phenolic OH excluding ortho intramolecular Hbond substituents is 1. The van der Waals surface area contributed by atoms with Gasteiger partial charge < -0.3 is 5.11 Å². The summed E-state index contributed by atoms with van der Waals surface area (Å²) in [6, 6.07) is 14.7. The van der Waals surface area contributed by atoms with Crippen molar-refractivity contribution in [1.29, 1.82) is 0 Å². The number of rotatable bonds is 3. The summed E-state index contributed by atoms with van der Waals surface area (Å²) in [6.07, 6.45) is 1.40. The van der Waals surface area contributed by atoms with Gasteiger partial charge in [0.15, 0.2) is 5.65 Å². The lowest BCUT2D eigenvalue weighted by atomic mass is 10.1. The fraction of sp³-hybridized carbons (Fsp3) is 0.0952. The number of hydrogen-bond donors (Lipinski definition) is 2. The molecule has 2 N–H and O–H groups in total. The molecular weight excluding hydrogens is 420 g/mol. The van der Waals surface area contributed by atoms with Crippen molar-refractivity contribution in [3.8, 4) is 5.75 Å². The molecule has 0 saturated carbocycles. The van der Waals surface area contributed by atoms with Crippen LogP contribution in [0.4, 0.5) is 0 Å². The summed E-state index contributed by atoms with van der Waals surface area (Å²) >= 11 is 3.34. The largest absolute Gasteiger partial charge is 0.507 e. The number of hydrogen-bond acceptors (Lipinski definition) is 4. The van der Waals surface area contributed by atoms with Crippen LogP contribution in [0.15, 0.2) is 58.1 Å². The second-order valence-electron chi connectivity index (χ2n) is 6.51. The number of para-hydroxylation sites is 2. The zero-order chi connectivity index (χ0) is 19.8. The molecule has 2 aromatic heterocycles. The number of aromatic nitrogens is 2. The van der Waals surface area contributed by atoms with E-state index in [0.29, 0.717) is 16.8 Å². The van der Waals surface area contributed by atoms with Crippen molar-refractivity contribution < 1.29 is 9.90 Å². The number of amides is 1. The summed E-state index contributed by atoms with van der Waals surface area (Å²) in [6.45, 7) is 3.87. The van der Waals surface area contributed by atoms with Crippen molar-refractivity contribution >= 4 is 44.7 Å².